The van der Waals surface area contributed by atoms with Crippen molar-refractivity contribution in [3.8, 4) is 0 Å². The molecule has 23 heavy (non-hydrogen) atoms. The molecule has 122 valence electrons. The smallest absolute Gasteiger partial charge is 0.336 e. The van der Waals surface area contributed by atoms with Crippen molar-refractivity contribution in [1.82, 2.24) is 5.32 Å². The van der Waals surface area contributed by atoms with Gasteiger partial charge in [-0.1, -0.05) is 26.0 Å². The van der Waals surface area contributed by atoms with E-state index in [9.17, 15) is 14.4 Å². The van der Waals surface area contributed by atoms with Gasteiger partial charge in [0.15, 0.2) is 0 Å². The summed E-state index contributed by atoms with van der Waals surface area (Å²) in [6.07, 6.45) is 0.0747. The summed E-state index contributed by atoms with van der Waals surface area (Å²) >= 11 is 0. The SMILES string of the molecule is COC(=O)C(NC(=O)Cc1cccc2oc(=O)ccc12)C(C)C. The Kier molecular flexibility index (Phi) is 5.16. The quantitative estimate of drug-likeness (QED) is 0.669. The van der Waals surface area contributed by atoms with Gasteiger partial charge in [0, 0.05) is 11.5 Å². The molecule has 2 aromatic rings. The lowest BCUT2D eigenvalue weighted by atomic mass is 10.0. The van der Waals surface area contributed by atoms with Crippen molar-refractivity contribution < 1.29 is 18.7 Å². The second kappa shape index (κ2) is 7.09. The van der Waals surface area contributed by atoms with Crippen molar-refractivity contribution in [2.75, 3.05) is 7.11 Å². The lowest BCUT2D eigenvalue weighted by Gasteiger charge is -2.19. The Morgan fingerprint density at radius 2 is 1.96 bits per heavy atom. The van der Waals surface area contributed by atoms with Crippen molar-refractivity contribution in [2.24, 2.45) is 5.92 Å². The van der Waals surface area contributed by atoms with E-state index in [0.717, 1.165) is 5.56 Å². The minimum Gasteiger partial charge on any atom is -0.467 e. The average Bonchev–Trinajstić information content (AvgIpc) is 2.51. The van der Waals surface area contributed by atoms with E-state index in [4.69, 9.17) is 9.15 Å². The topological polar surface area (TPSA) is 85.6 Å². The number of esters is 1. The van der Waals surface area contributed by atoms with Gasteiger partial charge in [0.25, 0.3) is 0 Å². The third-order valence-corrected chi connectivity index (χ3v) is 3.54. The van der Waals surface area contributed by atoms with Crippen LogP contribution in [-0.4, -0.2) is 25.0 Å². The molecule has 1 atom stereocenters. The summed E-state index contributed by atoms with van der Waals surface area (Å²) < 4.78 is 9.80. The Balaban J connectivity index is 2.20. The predicted octanol–water partition coefficient (Wildman–Crippen LogP) is 1.65. The summed E-state index contributed by atoms with van der Waals surface area (Å²) in [6, 6.07) is 7.42. The van der Waals surface area contributed by atoms with E-state index in [1.807, 2.05) is 13.8 Å². The molecular formula is C17H19NO5. The molecule has 1 unspecified atom stereocenters. The van der Waals surface area contributed by atoms with Crippen LogP contribution in [0.3, 0.4) is 0 Å². The van der Waals surface area contributed by atoms with Gasteiger partial charge in [0.2, 0.25) is 5.91 Å². The highest BCUT2D eigenvalue weighted by atomic mass is 16.5. The Labute approximate surface area is 133 Å². The van der Waals surface area contributed by atoms with E-state index < -0.39 is 17.6 Å². The van der Waals surface area contributed by atoms with Crippen LogP contribution in [0.1, 0.15) is 19.4 Å². The summed E-state index contributed by atoms with van der Waals surface area (Å²) in [4.78, 5) is 35.2. The van der Waals surface area contributed by atoms with Gasteiger partial charge in [-0.3, -0.25) is 4.79 Å². The van der Waals surface area contributed by atoms with Gasteiger partial charge in [0.05, 0.1) is 13.5 Å². The van der Waals surface area contributed by atoms with Gasteiger partial charge >= 0.3 is 11.6 Å². The fourth-order valence-electron chi connectivity index (χ4n) is 2.34. The van der Waals surface area contributed by atoms with Gasteiger partial charge in [-0.05, 0) is 23.6 Å². The van der Waals surface area contributed by atoms with E-state index in [2.05, 4.69) is 5.32 Å². The van der Waals surface area contributed by atoms with Gasteiger partial charge in [0.1, 0.15) is 11.6 Å². The molecule has 0 spiro atoms. The van der Waals surface area contributed by atoms with Crippen LogP contribution in [-0.2, 0) is 20.7 Å². The van der Waals surface area contributed by atoms with Gasteiger partial charge in [-0.2, -0.15) is 0 Å². The lowest BCUT2D eigenvalue weighted by molar-refractivity contribution is -0.146. The third-order valence-electron chi connectivity index (χ3n) is 3.54. The average molecular weight is 317 g/mol. The first-order valence-electron chi connectivity index (χ1n) is 7.31. The van der Waals surface area contributed by atoms with Crippen molar-refractivity contribution >= 4 is 22.8 Å². The second-order valence-corrected chi connectivity index (χ2v) is 5.57. The Morgan fingerprint density at radius 3 is 2.61 bits per heavy atom. The molecule has 0 radical (unpaired) electrons. The highest BCUT2D eigenvalue weighted by Gasteiger charge is 2.25. The minimum atomic E-state index is -0.694. The van der Waals surface area contributed by atoms with E-state index in [-0.39, 0.29) is 18.2 Å². The van der Waals surface area contributed by atoms with Crippen molar-refractivity contribution in [2.45, 2.75) is 26.3 Å². The van der Waals surface area contributed by atoms with Gasteiger partial charge in [-0.15, -0.1) is 0 Å². The molecular weight excluding hydrogens is 298 g/mol. The number of carbonyl (C=O) groups is 2. The molecule has 0 saturated carbocycles. The molecule has 1 N–H and O–H groups in total. The molecule has 0 aliphatic heterocycles. The van der Waals surface area contributed by atoms with Crippen LogP contribution < -0.4 is 10.9 Å². The molecule has 6 heteroatoms. The summed E-state index contributed by atoms with van der Waals surface area (Å²) in [7, 11) is 1.29. The molecule has 0 aliphatic rings. The van der Waals surface area contributed by atoms with E-state index >= 15 is 0 Å². The number of rotatable bonds is 5. The zero-order valence-corrected chi connectivity index (χ0v) is 13.3. The summed E-state index contributed by atoms with van der Waals surface area (Å²) in [6.45, 7) is 3.66. The first kappa shape index (κ1) is 16.7. The van der Waals surface area contributed by atoms with Crippen LogP contribution in [0, 0.1) is 5.92 Å². The maximum atomic E-state index is 12.2. The highest BCUT2D eigenvalue weighted by Crippen LogP contribution is 2.17. The van der Waals surface area contributed by atoms with Crippen LogP contribution in [0.15, 0.2) is 39.5 Å². The first-order chi connectivity index (χ1) is 10.9. The molecule has 1 aromatic heterocycles. The predicted molar refractivity (Wildman–Crippen MR) is 85.0 cm³/mol. The van der Waals surface area contributed by atoms with Crippen molar-refractivity contribution in [3.05, 3.63) is 46.3 Å². The molecule has 6 nitrogen and oxygen atoms in total. The summed E-state index contributed by atoms with van der Waals surface area (Å²) in [5.41, 5.74) is 0.706. The number of hydrogen-bond acceptors (Lipinski definition) is 5. The Bertz CT molecular complexity index is 778. The molecule has 0 saturated heterocycles. The monoisotopic (exact) mass is 317 g/mol. The molecule has 0 fully saturated rings. The number of amides is 1. The fourth-order valence-corrected chi connectivity index (χ4v) is 2.34. The van der Waals surface area contributed by atoms with Crippen LogP contribution in [0.5, 0.6) is 0 Å². The van der Waals surface area contributed by atoms with Crippen LogP contribution in [0.4, 0.5) is 0 Å². The van der Waals surface area contributed by atoms with Crippen molar-refractivity contribution in [3.63, 3.8) is 0 Å². The summed E-state index contributed by atoms with van der Waals surface area (Å²) in [5, 5.41) is 3.38. The number of hydrogen-bond donors (Lipinski definition) is 1. The minimum absolute atomic E-state index is 0.0747. The first-order valence-corrected chi connectivity index (χ1v) is 7.31. The maximum absolute atomic E-state index is 12.2. The van der Waals surface area contributed by atoms with Crippen LogP contribution in [0.25, 0.3) is 11.0 Å². The fraction of sp³-hybridized carbons (Fsp3) is 0.353. The molecule has 0 aliphatic carbocycles. The number of carbonyl (C=O) groups excluding carboxylic acids is 2. The normalized spacial score (nSPS) is 12.2. The standard InChI is InChI=1S/C17H19NO5/c1-10(2)16(17(21)22-3)18-14(19)9-11-5-4-6-13-12(11)7-8-15(20)23-13/h4-8,10,16H,9H2,1-3H3,(H,18,19). The molecule has 1 amide bonds. The Morgan fingerprint density at radius 1 is 1.22 bits per heavy atom. The number of ether oxygens (including phenoxy) is 1. The van der Waals surface area contributed by atoms with Crippen LogP contribution >= 0.6 is 0 Å². The van der Waals surface area contributed by atoms with Gasteiger partial charge in [-0.25, -0.2) is 9.59 Å². The number of fused-ring (bicyclic) bond motifs is 1. The molecule has 0 bridgehead atoms. The molecule has 1 heterocycles. The van der Waals surface area contributed by atoms with Gasteiger partial charge < -0.3 is 14.5 Å². The number of nitrogens with one attached hydrogen (secondary N) is 1. The van der Waals surface area contributed by atoms with Crippen LogP contribution in [0.2, 0.25) is 0 Å². The summed E-state index contributed by atoms with van der Waals surface area (Å²) in [5.74, 6) is -0.859. The zero-order chi connectivity index (χ0) is 17.0. The van der Waals surface area contributed by atoms with E-state index in [1.54, 1.807) is 24.3 Å². The second-order valence-electron chi connectivity index (χ2n) is 5.57. The van der Waals surface area contributed by atoms with E-state index in [0.29, 0.717) is 11.0 Å². The Hall–Kier alpha value is -2.63. The lowest BCUT2D eigenvalue weighted by Crippen LogP contribution is -2.45. The molecule has 2 rings (SSSR count). The third kappa shape index (κ3) is 3.97. The number of methoxy groups -OCH3 is 1. The van der Waals surface area contributed by atoms with Crippen molar-refractivity contribution in [1.29, 1.82) is 0 Å². The zero-order valence-electron chi connectivity index (χ0n) is 13.3. The largest absolute Gasteiger partial charge is 0.467 e. The molecule has 1 aromatic carbocycles. The van der Waals surface area contributed by atoms with E-state index in [1.165, 1.54) is 13.2 Å². The maximum Gasteiger partial charge on any atom is 0.336 e. The highest BCUT2D eigenvalue weighted by molar-refractivity contribution is 5.89. The number of benzene rings is 1.